The third-order valence-corrected chi connectivity index (χ3v) is 4.48. The zero-order chi connectivity index (χ0) is 16.4. The molecule has 0 spiro atoms. The van der Waals surface area contributed by atoms with Gasteiger partial charge in [0.05, 0.1) is 4.53 Å². The molecule has 0 aliphatic heterocycles. The van der Waals surface area contributed by atoms with Crippen molar-refractivity contribution in [1.29, 1.82) is 0 Å². The zero-order valence-electron chi connectivity index (χ0n) is 12.7. The number of thiazole rings is 1. The lowest BCUT2D eigenvalue weighted by molar-refractivity contribution is 0.925. The smallest absolute Gasteiger partial charge is 0.266 e. The summed E-state index contributed by atoms with van der Waals surface area (Å²) in [7, 11) is 0. The van der Waals surface area contributed by atoms with Gasteiger partial charge in [0.25, 0.3) is 5.56 Å². The predicted molar refractivity (Wildman–Crippen MR) is 97.7 cm³/mol. The summed E-state index contributed by atoms with van der Waals surface area (Å²) in [6.45, 7) is 0. The molecule has 0 unspecified atom stereocenters. The molecule has 0 aliphatic rings. The number of hydrogen-bond donors (Lipinski definition) is 0. The summed E-state index contributed by atoms with van der Waals surface area (Å²) in [5, 5.41) is 4.29. The Bertz CT molecular complexity index is 1110. The molecule has 4 nitrogen and oxygen atoms in total. The summed E-state index contributed by atoms with van der Waals surface area (Å²) < 4.78 is 2.00. The molecule has 0 fully saturated rings. The van der Waals surface area contributed by atoms with E-state index in [1.54, 1.807) is 0 Å². The van der Waals surface area contributed by atoms with E-state index >= 15 is 0 Å². The van der Waals surface area contributed by atoms with Crippen LogP contribution in [0.15, 0.2) is 65.5 Å². The van der Waals surface area contributed by atoms with Crippen molar-refractivity contribution in [2.75, 3.05) is 0 Å². The van der Waals surface area contributed by atoms with Gasteiger partial charge in [0.1, 0.15) is 0 Å². The van der Waals surface area contributed by atoms with Crippen molar-refractivity contribution in [3.8, 4) is 0 Å². The standard InChI is InChI=1S/C19H13N3OS/c23-18-16(13-15-9-5-2-6-10-15)24-19-20-17(21-22(18)19)12-11-14-7-3-1-4-8-14/h1-13H/b12-11+,16-13-. The first-order chi connectivity index (χ1) is 11.8. The third-order valence-electron chi connectivity index (χ3n) is 3.52. The maximum absolute atomic E-state index is 12.4. The van der Waals surface area contributed by atoms with E-state index in [9.17, 15) is 4.79 Å². The van der Waals surface area contributed by atoms with Crippen LogP contribution < -0.4 is 10.1 Å². The average Bonchev–Trinajstić information content (AvgIpc) is 3.15. The predicted octanol–water partition coefficient (Wildman–Crippen LogP) is 2.87. The van der Waals surface area contributed by atoms with Gasteiger partial charge >= 0.3 is 0 Å². The summed E-state index contributed by atoms with van der Waals surface area (Å²) in [6, 6.07) is 19.7. The second-order valence-corrected chi connectivity index (χ2v) is 6.24. The summed E-state index contributed by atoms with van der Waals surface area (Å²) in [4.78, 5) is 17.5. The van der Waals surface area contributed by atoms with Gasteiger partial charge in [-0.25, -0.2) is 0 Å². The molecule has 0 amide bonds. The highest BCUT2D eigenvalue weighted by atomic mass is 32.1. The fourth-order valence-electron chi connectivity index (χ4n) is 2.36. The van der Waals surface area contributed by atoms with Gasteiger partial charge in [0.15, 0.2) is 5.82 Å². The van der Waals surface area contributed by atoms with Gasteiger partial charge in [-0.05, 0) is 23.3 Å². The van der Waals surface area contributed by atoms with Crippen LogP contribution in [-0.4, -0.2) is 14.6 Å². The first-order valence-corrected chi connectivity index (χ1v) is 8.31. The van der Waals surface area contributed by atoms with E-state index < -0.39 is 0 Å². The highest BCUT2D eigenvalue weighted by Gasteiger charge is 2.08. The van der Waals surface area contributed by atoms with Crippen LogP contribution in [0.5, 0.6) is 0 Å². The van der Waals surface area contributed by atoms with Crippen LogP contribution in [0.1, 0.15) is 17.0 Å². The maximum Gasteiger partial charge on any atom is 0.291 e. The number of fused-ring (bicyclic) bond motifs is 1. The lowest BCUT2D eigenvalue weighted by Gasteiger charge is -1.89. The molecule has 0 aliphatic carbocycles. The van der Waals surface area contributed by atoms with E-state index in [4.69, 9.17) is 0 Å². The van der Waals surface area contributed by atoms with Gasteiger partial charge in [0, 0.05) is 0 Å². The molecule has 4 rings (SSSR count). The van der Waals surface area contributed by atoms with Crippen LogP contribution in [0, 0.1) is 0 Å². The molecule has 0 bridgehead atoms. The van der Waals surface area contributed by atoms with Crippen LogP contribution in [0.25, 0.3) is 23.2 Å². The van der Waals surface area contributed by atoms with E-state index in [2.05, 4.69) is 10.1 Å². The highest BCUT2D eigenvalue weighted by Crippen LogP contribution is 2.07. The van der Waals surface area contributed by atoms with Crippen molar-refractivity contribution in [1.82, 2.24) is 14.6 Å². The van der Waals surface area contributed by atoms with Crippen LogP contribution >= 0.6 is 11.3 Å². The van der Waals surface area contributed by atoms with E-state index in [0.717, 1.165) is 11.1 Å². The van der Waals surface area contributed by atoms with E-state index in [-0.39, 0.29) is 5.56 Å². The Morgan fingerprint density at radius 3 is 2.21 bits per heavy atom. The Labute approximate surface area is 142 Å². The summed E-state index contributed by atoms with van der Waals surface area (Å²) in [5.41, 5.74) is 1.92. The largest absolute Gasteiger partial charge is 0.291 e. The summed E-state index contributed by atoms with van der Waals surface area (Å²) in [5.74, 6) is 0.536. The van der Waals surface area contributed by atoms with Crippen molar-refractivity contribution in [2.45, 2.75) is 0 Å². The molecular formula is C19H13N3OS. The number of benzene rings is 2. The number of nitrogens with zero attached hydrogens (tertiary/aromatic N) is 3. The minimum Gasteiger partial charge on any atom is -0.266 e. The number of hydrogen-bond acceptors (Lipinski definition) is 4. The van der Waals surface area contributed by atoms with Crippen LogP contribution in [-0.2, 0) is 0 Å². The Kier molecular flexibility index (Phi) is 3.76. The molecular weight excluding hydrogens is 318 g/mol. The quantitative estimate of drug-likeness (QED) is 0.580. The van der Waals surface area contributed by atoms with E-state index in [1.807, 2.05) is 78.9 Å². The highest BCUT2D eigenvalue weighted by molar-refractivity contribution is 7.15. The molecule has 24 heavy (non-hydrogen) atoms. The van der Waals surface area contributed by atoms with Crippen LogP contribution in [0.2, 0.25) is 0 Å². The fraction of sp³-hybridized carbons (Fsp3) is 0. The lowest BCUT2D eigenvalue weighted by Crippen LogP contribution is -2.23. The number of aromatic nitrogens is 3. The lowest BCUT2D eigenvalue weighted by atomic mass is 10.2. The van der Waals surface area contributed by atoms with Crippen molar-refractivity contribution in [2.24, 2.45) is 0 Å². The molecule has 2 heterocycles. The summed E-state index contributed by atoms with van der Waals surface area (Å²) in [6.07, 6.45) is 5.61. The van der Waals surface area contributed by atoms with Crippen LogP contribution in [0.3, 0.4) is 0 Å². The van der Waals surface area contributed by atoms with E-state index in [1.165, 1.54) is 15.9 Å². The van der Waals surface area contributed by atoms with Gasteiger partial charge in [-0.2, -0.15) is 9.50 Å². The Morgan fingerprint density at radius 2 is 1.54 bits per heavy atom. The second-order valence-electron chi connectivity index (χ2n) is 5.23. The first-order valence-electron chi connectivity index (χ1n) is 7.49. The second kappa shape index (κ2) is 6.22. The molecule has 0 atom stereocenters. The Hall–Kier alpha value is -3.05. The molecule has 0 saturated heterocycles. The molecule has 4 aromatic rings. The van der Waals surface area contributed by atoms with E-state index in [0.29, 0.717) is 15.3 Å². The number of rotatable bonds is 3. The van der Waals surface area contributed by atoms with Crippen molar-refractivity contribution >= 4 is 34.5 Å². The van der Waals surface area contributed by atoms with Gasteiger partial charge in [0.2, 0.25) is 4.96 Å². The average molecular weight is 331 g/mol. The summed E-state index contributed by atoms with van der Waals surface area (Å²) >= 11 is 1.35. The van der Waals surface area contributed by atoms with Gasteiger partial charge in [-0.3, -0.25) is 4.79 Å². The van der Waals surface area contributed by atoms with Crippen molar-refractivity contribution in [3.05, 3.63) is 92.5 Å². The van der Waals surface area contributed by atoms with Crippen molar-refractivity contribution < 1.29 is 0 Å². The maximum atomic E-state index is 12.4. The van der Waals surface area contributed by atoms with Gasteiger partial charge < -0.3 is 0 Å². The van der Waals surface area contributed by atoms with Gasteiger partial charge in [-0.15, -0.1) is 5.10 Å². The third kappa shape index (κ3) is 2.89. The molecule has 0 N–H and O–H groups in total. The fourth-order valence-corrected chi connectivity index (χ4v) is 3.27. The van der Waals surface area contributed by atoms with Crippen molar-refractivity contribution in [3.63, 3.8) is 0 Å². The van der Waals surface area contributed by atoms with Crippen LogP contribution in [0.4, 0.5) is 0 Å². The topological polar surface area (TPSA) is 47.3 Å². The monoisotopic (exact) mass is 331 g/mol. The SMILES string of the molecule is O=c1/c(=C/c2ccccc2)sc2nc(/C=C/c3ccccc3)nn12. The molecule has 116 valence electrons. The molecule has 0 saturated carbocycles. The zero-order valence-corrected chi connectivity index (χ0v) is 13.5. The minimum absolute atomic E-state index is 0.134. The molecule has 2 aromatic carbocycles. The molecule has 0 radical (unpaired) electrons. The Morgan fingerprint density at radius 1 is 0.875 bits per heavy atom. The normalized spacial score (nSPS) is 12.4. The first kappa shape index (κ1) is 14.5. The van der Waals surface area contributed by atoms with Gasteiger partial charge in [-0.1, -0.05) is 78.1 Å². The Balaban J connectivity index is 1.70. The minimum atomic E-state index is -0.134. The molecule has 5 heteroatoms. The molecule has 2 aromatic heterocycles.